The van der Waals surface area contributed by atoms with Crippen LogP contribution in [0.5, 0.6) is 11.5 Å². The van der Waals surface area contributed by atoms with E-state index < -0.39 is 0 Å². The largest absolute Gasteiger partial charge is 0.493 e. The number of amides is 1. The molecule has 8 heteroatoms. The fourth-order valence-electron chi connectivity index (χ4n) is 3.20. The molecule has 1 fully saturated rings. The van der Waals surface area contributed by atoms with Gasteiger partial charge in [0.05, 0.1) is 23.9 Å². The Hall–Kier alpha value is -3.55. The first kappa shape index (κ1) is 23.6. The molecular formula is C26H22ClN3O3S. The van der Waals surface area contributed by atoms with E-state index in [4.69, 9.17) is 21.1 Å². The molecule has 1 aliphatic heterocycles. The summed E-state index contributed by atoms with van der Waals surface area (Å²) >= 11 is 7.25. The van der Waals surface area contributed by atoms with E-state index in [0.29, 0.717) is 45.4 Å². The highest BCUT2D eigenvalue weighted by molar-refractivity contribution is 8.18. The summed E-state index contributed by atoms with van der Waals surface area (Å²) in [5.41, 5.74) is 2.48. The van der Waals surface area contributed by atoms with Gasteiger partial charge in [-0.25, -0.2) is 4.99 Å². The van der Waals surface area contributed by atoms with Crippen molar-refractivity contribution < 1.29 is 14.3 Å². The number of nitrogens with zero attached hydrogens (tertiary/aromatic N) is 3. The van der Waals surface area contributed by atoms with Gasteiger partial charge in [-0.15, -0.1) is 6.58 Å². The third kappa shape index (κ3) is 5.68. The highest BCUT2D eigenvalue weighted by Gasteiger charge is 2.32. The van der Waals surface area contributed by atoms with E-state index in [2.05, 4.69) is 16.6 Å². The first-order valence-corrected chi connectivity index (χ1v) is 11.6. The van der Waals surface area contributed by atoms with Crippen molar-refractivity contribution in [3.05, 3.63) is 101 Å². The van der Waals surface area contributed by atoms with Crippen LogP contribution >= 0.6 is 23.4 Å². The van der Waals surface area contributed by atoms with Crippen molar-refractivity contribution in [2.45, 2.75) is 6.61 Å². The summed E-state index contributed by atoms with van der Waals surface area (Å²) in [6.07, 6.45) is 6.83. The van der Waals surface area contributed by atoms with Crippen molar-refractivity contribution >= 4 is 46.2 Å². The zero-order valence-corrected chi connectivity index (χ0v) is 20.1. The first-order chi connectivity index (χ1) is 16.6. The number of aromatic nitrogens is 1. The van der Waals surface area contributed by atoms with Crippen LogP contribution in [0.25, 0.3) is 6.08 Å². The summed E-state index contributed by atoms with van der Waals surface area (Å²) < 4.78 is 11.5. The highest BCUT2D eigenvalue weighted by atomic mass is 35.5. The number of pyridine rings is 1. The summed E-state index contributed by atoms with van der Waals surface area (Å²) in [7, 11) is 1.58. The Kier molecular flexibility index (Phi) is 7.67. The number of carbonyl (C=O) groups is 1. The lowest BCUT2D eigenvalue weighted by Crippen LogP contribution is -2.29. The number of halogens is 1. The summed E-state index contributed by atoms with van der Waals surface area (Å²) in [6, 6.07) is 16.7. The Morgan fingerprint density at radius 1 is 1.18 bits per heavy atom. The first-order valence-electron chi connectivity index (χ1n) is 10.4. The van der Waals surface area contributed by atoms with Crippen LogP contribution in [0.2, 0.25) is 5.02 Å². The molecular weight excluding hydrogens is 470 g/mol. The van der Waals surface area contributed by atoms with Crippen LogP contribution in [0.15, 0.2) is 89.5 Å². The van der Waals surface area contributed by atoms with Crippen molar-refractivity contribution in [1.82, 2.24) is 9.88 Å². The standard InChI is InChI=1S/C26H22ClN3O3S/c1-3-13-30-25(31)24(34-26(30)29-21-5-4-12-28-16-21)15-19-8-11-22(23(14-19)32-2)33-17-18-6-9-20(27)10-7-18/h3-12,14-16H,1,13,17H2,2H3/b24-15-,29-26?. The molecule has 0 unspecified atom stereocenters. The topological polar surface area (TPSA) is 64.0 Å². The molecule has 1 aromatic heterocycles. The molecule has 1 aliphatic rings. The maximum absolute atomic E-state index is 13.0. The van der Waals surface area contributed by atoms with E-state index in [1.165, 1.54) is 11.8 Å². The number of methoxy groups -OCH3 is 1. The van der Waals surface area contributed by atoms with E-state index >= 15 is 0 Å². The second-order valence-corrected chi connectivity index (χ2v) is 8.69. The van der Waals surface area contributed by atoms with Gasteiger partial charge in [0.1, 0.15) is 6.61 Å². The number of rotatable bonds is 8. The summed E-state index contributed by atoms with van der Waals surface area (Å²) in [6.45, 7) is 4.50. The minimum absolute atomic E-state index is 0.130. The van der Waals surface area contributed by atoms with E-state index in [0.717, 1.165) is 11.1 Å². The predicted molar refractivity (Wildman–Crippen MR) is 138 cm³/mol. The third-order valence-electron chi connectivity index (χ3n) is 4.86. The van der Waals surface area contributed by atoms with Crippen LogP contribution in [0.3, 0.4) is 0 Å². The number of hydrogen-bond donors (Lipinski definition) is 0. The summed E-state index contributed by atoms with van der Waals surface area (Å²) in [4.78, 5) is 23.9. The van der Waals surface area contributed by atoms with Crippen LogP contribution in [0, 0.1) is 0 Å². The number of carbonyl (C=O) groups excluding carboxylic acids is 1. The van der Waals surface area contributed by atoms with Gasteiger partial charge in [0.15, 0.2) is 16.7 Å². The SMILES string of the molecule is C=CCN1C(=O)/C(=C/c2ccc(OCc3ccc(Cl)cc3)c(OC)c2)SC1=Nc1cccnc1. The maximum atomic E-state index is 13.0. The van der Waals surface area contributed by atoms with Crippen molar-refractivity contribution in [2.75, 3.05) is 13.7 Å². The lowest BCUT2D eigenvalue weighted by Gasteiger charge is -2.12. The molecule has 0 aliphatic carbocycles. The van der Waals surface area contributed by atoms with Crippen LogP contribution in [-0.2, 0) is 11.4 Å². The Balaban J connectivity index is 1.55. The highest BCUT2D eigenvalue weighted by Crippen LogP contribution is 2.36. The molecule has 34 heavy (non-hydrogen) atoms. The lowest BCUT2D eigenvalue weighted by atomic mass is 10.1. The van der Waals surface area contributed by atoms with Gasteiger partial charge in [0, 0.05) is 17.8 Å². The van der Waals surface area contributed by atoms with Crippen molar-refractivity contribution in [2.24, 2.45) is 4.99 Å². The Morgan fingerprint density at radius 2 is 2.00 bits per heavy atom. The summed E-state index contributed by atoms with van der Waals surface area (Å²) in [5, 5.41) is 1.26. The zero-order valence-electron chi connectivity index (χ0n) is 18.5. The lowest BCUT2D eigenvalue weighted by molar-refractivity contribution is -0.121. The Morgan fingerprint density at radius 3 is 2.71 bits per heavy atom. The zero-order chi connectivity index (χ0) is 23.9. The molecule has 172 valence electrons. The molecule has 1 amide bonds. The normalized spacial score (nSPS) is 15.7. The third-order valence-corrected chi connectivity index (χ3v) is 6.12. The molecule has 2 aromatic carbocycles. The fourth-order valence-corrected chi connectivity index (χ4v) is 4.33. The minimum atomic E-state index is -0.130. The van der Waals surface area contributed by atoms with Gasteiger partial charge >= 0.3 is 0 Å². The average molecular weight is 492 g/mol. The second kappa shape index (κ2) is 11.0. The average Bonchev–Trinajstić information content (AvgIpc) is 3.14. The molecule has 0 atom stereocenters. The van der Waals surface area contributed by atoms with E-state index in [9.17, 15) is 4.79 Å². The van der Waals surface area contributed by atoms with Gasteiger partial charge in [-0.05, 0) is 65.4 Å². The van der Waals surface area contributed by atoms with Gasteiger partial charge in [-0.3, -0.25) is 14.7 Å². The second-order valence-electron chi connectivity index (χ2n) is 7.25. The van der Waals surface area contributed by atoms with Crippen molar-refractivity contribution in [3.63, 3.8) is 0 Å². The molecule has 0 radical (unpaired) electrons. The molecule has 6 nitrogen and oxygen atoms in total. The quantitative estimate of drug-likeness (QED) is 0.281. The van der Waals surface area contributed by atoms with E-state index in [-0.39, 0.29) is 5.91 Å². The van der Waals surface area contributed by atoms with Crippen LogP contribution in [-0.4, -0.2) is 34.6 Å². The molecule has 2 heterocycles. The molecule has 1 saturated heterocycles. The fraction of sp³-hybridized carbons (Fsp3) is 0.115. The molecule has 0 saturated carbocycles. The van der Waals surface area contributed by atoms with Gasteiger partial charge in [0.25, 0.3) is 5.91 Å². The van der Waals surface area contributed by atoms with Crippen LogP contribution in [0.1, 0.15) is 11.1 Å². The molecule has 4 rings (SSSR count). The molecule has 3 aromatic rings. The minimum Gasteiger partial charge on any atom is -0.493 e. The number of amidine groups is 1. The Bertz CT molecular complexity index is 1240. The predicted octanol–water partition coefficient (Wildman–Crippen LogP) is 6.11. The number of hydrogen-bond acceptors (Lipinski definition) is 6. The van der Waals surface area contributed by atoms with Gasteiger partial charge in [-0.2, -0.15) is 0 Å². The number of aliphatic imine (C=N–C) groups is 1. The van der Waals surface area contributed by atoms with Crippen LogP contribution in [0.4, 0.5) is 5.69 Å². The van der Waals surface area contributed by atoms with Crippen LogP contribution < -0.4 is 9.47 Å². The Labute approximate surface area is 207 Å². The van der Waals surface area contributed by atoms with Crippen molar-refractivity contribution in [3.8, 4) is 11.5 Å². The molecule has 0 bridgehead atoms. The smallest absolute Gasteiger partial charge is 0.267 e. The number of thioether (sulfide) groups is 1. The van der Waals surface area contributed by atoms with E-state index in [1.807, 2.05) is 54.6 Å². The van der Waals surface area contributed by atoms with E-state index in [1.54, 1.807) is 36.5 Å². The summed E-state index contributed by atoms with van der Waals surface area (Å²) in [5.74, 6) is 1.05. The molecule has 0 spiro atoms. The van der Waals surface area contributed by atoms with Crippen molar-refractivity contribution in [1.29, 1.82) is 0 Å². The monoisotopic (exact) mass is 491 g/mol. The van der Waals surface area contributed by atoms with Gasteiger partial charge in [0.2, 0.25) is 0 Å². The van der Waals surface area contributed by atoms with Gasteiger partial charge in [-0.1, -0.05) is 35.9 Å². The number of benzene rings is 2. The van der Waals surface area contributed by atoms with Gasteiger partial charge < -0.3 is 9.47 Å². The molecule has 0 N–H and O–H groups in total. The number of ether oxygens (including phenoxy) is 2. The maximum Gasteiger partial charge on any atom is 0.267 e.